The van der Waals surface area contributed by atoms with Crippen molar-refractivity contribution in [1.82, 2.24) is 5.32 Å². The molecular formula is C13H16F3NO2. The van der Waals surface area contributed by atoms with E-state index in [0.29, 0.717) is 24.7 Å². The molecule has 1 unspecified atom stereocenters. The van der Waals surface area contributed by atoms with E-state index in [2.05, 4.69) is 5.32 Å². The summed E-state index contributed by atoms with van der Waals surface area (Å²) >= 11 is 0. The van der Waals surface area contributed by atoms with E-state index in [1.54, 1.807) is 6.92 Å². The number of benzene rings is 1. The molecule has 0 spiro atoms. The minimum absolute atomic E-state index is 0.117. The molecule has 0 radical (unpaired) electrons. The van der Waals surface area contributed by atoms with Crippen molar-refractivity contribution < 1.29 is 22.6 Å². The highest BCUT2D eigenvalue weighted by Gasteiger charge is 2.52. The summed E-state index contributed by atoms with van der Waals surface area (Å²) in [7, 11) is 0. The van der Waals surface area contributed by atoms with Gasteiger partial charge in [-0.05, 0) is 31.2 Å². The first-order valence-corrected chi connectivity index (χ1v) is 6.10. The van der Waals surface area contributed by atoms with Gasteiger partial charge in [0.25, 0.3) is 0 Å². The topological polar surface area (TPSA) is 30.5 Å². The van der Waals surface area contributed by atoms with Gasteiger partial charge in [0.1, 0.15) is 18.8 Å². The molecule has 6 heteroatoms. The SMILES string of the molecule is CCNC(C)(c1ccc2c(c1)OCCO2)C(F)(F)F. The molecule has 1 aromatic carbocycles. The Kier molecular flexibility index (Phi) is 3.62. The Balaban J connectivity index is 2.43. The highest BCUT2D eigenvalue weighted by Crippen LogP contribution is 2.42. The first-order valence-electron chi connectivity index (χ1n) is 6.10. The lowest BCUT2D eigenvalue weighted by Crippen LogP contribution is -2.51. The van der Waals surface area contributed by atoms with Gasteiger partial charge in [0, 0.05) is 0 Å². The van der Waals surface area contributed by atoms with Crippen molar-refractivity contribution in [3.8, 4) is 11.5 Å². The second-order valence-corrected chi connectivity index (χ2v) is 4.51. The largest absolute Gasteiger partial charge is 0.486 e. The van der Waals surface area contributed by atoms with Gasteiger partial charge in [-0.1, -0.05) is 13.0 Å². The zero-order valence-electron chi connectivity index (χ0n) is 10.8. The quantitative estimate of drug-likeness (QED) is 0.920. The van der Waals surface area contributed by atoms with Gasteiger partial charge in [0.15, 0.2) is 11.5 Å². The van der Waals surface area contributed by atoms with Crippen molar-refractivity contribution in [3.63, 3.8) is 0 Å². The molecule has 0 bridgehead atoms. The Morgan fingerprint density at radius 3 is 2.37 bits per heavy atom. The summed E-state index contributed by atoms with van der Waals surface area (Å²) in [6.07, 6.45) is -4.40. The maximum absolute atomic E-state index is 13.3. The Morgan fingerprint density at radius 2 is 1.79 bits per heavy atom. The van der Waals surface area contributed by atoms with Gasteiger partial charge in [0.2, 0.25) is 0 Å². The Labute approximate surface area is 109 Å². The van der Waals surface area contributed by atoms with Crippen LogP contribution in [0.3, 0.4) is 0 Å². The summed E-state index contributed by atoms with van der Waals surface area (Å²) < 4.78 is 50.5. The molecule has 0 amide bonds. The summed E-state index contributed by atoms with van der Waals surface area (Å²) in [5.41, 5.74) is -1.98. The van der Waals surface area contributed by atoms with E-state index >= 15 is 0 Å². The van der Waals surface area contributed by atoms with Crippen molar-refractivity contribution in [1.29, 1.82) is 0 Å². The van der Waals surface area contributed by atoms with Crippen LogP contribution in [0.4, 0.5) is 13.2 Å². The lowest BCUT2D eigenvalue weighted by Gasteiger charge is -2.34. The number of hydrogen-bond donors (Lipinski definition) is 1. The van der Waals surface area contributed by atoms with Crippen LogP contribution in [-0.2, 0) is 5.54 Å². The van der Waals surface area contributed by atoms with Gasteiger partial charge >= 0.3 is 6.18 Å². The second-order valence-electron chi connectivity index (χ2n) is 4.51. The van der Waals surface area contributed by atoms with Gasteiger partial charge in [-0.15, -0.1) is 0 Å². The fraction of sp³-hybridized carbons (Fsp3) is 0.538. The van der Waals surface area contributed by atoms with Crippen molar-refractivity contribution in [2.75, 3.05) is 19.8 Å². The highest BCUT2D eigenvalue weighted by molar-refractivity contribution is 5.46. The fourth-order valence-electron chi connectivity index (χ4n) is 2.07. The number of hydrogen-bond acceptors (Lipinski definition) is 3. The van der Waals surface area contributed by atoms with Gasteiger partial charge in [0.05, 0.1) is 0 Å². The van der Waals surface area contributed by atoms with Crippen molar-refractivity contribution in [2.45, 2.75) is 25.6 Å². The third-order valence-electron chi connectivity index (χ3n) is 3.22. The number of ether oxygens (including phenoxy) is 2. The van der Waals surface area contributed by atoms with E-state index < -0.39 is 11.7 Å². The maximum Gasteiger partial charge on any atom is 0.410 e. The molecule has 1 aliphatic heterocycles. The molecule has 1 aromatic rings. The van der Waals surface area contributed by atoms with Crippen molar-refractivity contribution >= 4 is 0 Å². The molecule has 0 fully saturated rings. The fourth-order valence-corrected chi connectivity index (χ4v) is 2.07. The van der Waals surface area contributed by atoms with Gasteiger partial charge < -0.3 is 14.8 Å². The minimum Gasteiger partial charge on any atom is -0.486 e. The summed E-state index contributed by atoms with van der Waals surface area (Å²) in [4.78, 5) is 0. The van der Waals surface area contributed by atoms with E-state index in [1.807, 2.05) is 0 Å². The van der Waals surface area contributed by atoms with E-state index in [-0.39, 0.29) is 12.1 Å². The molecule has 1 N–H and O–H groups in total. The smallest absolute Gasteiger partial charge is 0.410 e. The van der Waals surface area contributed by atoms with Crippen LogP contribution < -0.4 is 14.8 Å². The summed E-state index contributed by atoms with van der Waals surface area (Å²) in [5, 5.41) is 2.50. The first kappa shape index (κ1) is 14.0. The third kappa shape index (κ3) is 2.49. The lowest BCUT2D eigenvalue weighted by molar-refractivity contribution is -0.195. The molecular weight excluding hydrogens is 259 g/mol. The van der Waals surface area contributed by atoms with Crippen LogP contribution in [0, 0.1) is 0 Å². The van der Waals surface area contributed by atoms with Gasteiger partial charge in [-0.3, -0.25) is 0 Å². The third-order valence-corrected chi connectivity index (χ3v) is 3.22. The van der Waals surface area contributed by atoms with E-state index in [4.69, 9.17) is 9.47 Å². The average molecular weight is 275 g/mol. The standard InChI is InChI=1S/C13H16F3NO2/c1-3-17-12(2,13(14,15)16)9-4-5-10-11(8-9)19-7-6-18-10/h4-5,8,17H,3,6-7H2,1-2H3. The van der Waals surface area contributed by atoms with E-state index in [0.717, 1.165) is 6.92 Å². The van der Waals surface area contributed by atoms with Crippen LogP contribution in [0.5, 0.6) is 11.5 Å². The normalized spacial score (nSPS) is 17.9. The van der Waals surface area contributed by atoms with Gasteiger partial charge in [-0.25, -0.2) is 0 Å². The number of alkyl halides is 3. The van der Waals surface area contributed by atoms with Gasteiger partial charge in [-0.2, -0.15) is 13.2 Å². The molecule has 0 saturated heterocycles. The van der Waals surface area contributed by atoms with Crippen LogP contribution in [0.15, 0.2) is 18.2 Å². The molecule has 1 atom stereocenters. The molecule has 3 nitrogen and oxygen atoms in total. The van der Waals surface area contributed by atoms with Crippen LogP contribution in [0.25, 0.3) is 0 Å². The molecule has 0 aliphatic carbocycles. The number of nitrogens with one attached hydrogen (secondary N) is 1. The average Bonchev–Trinajstić information content (AvgIpc) is 2.37. The molecule has 106 valence electrons. The summed E-state index contributed by atoms with van der Waals surface area (Å²) in [6, 6.07) is 4.33. The monoisotopic (exact) mass is 275 g/mol. The highest BCUT2D eigenvalue weighted by atomic mass is 19.4. The van der Waals surface area contributed by atoms with Crippen molar-refractivity contribution in [3.05, 3.63) is 23.8 Å². The zero-order chi connectivity index (χ0) is 14.1. The van der Waals surface area contributed by atoms with E-state index in [9.17, 15) is 13.2 Å². The number of fused-ring (bicyclic) bond motifs is 1. The maximum atomic E-state index is 13.3. The Hall–Kier alpha value is -1.43. The van der Waals surface area contributed by atoms with Crippen LogP contribution in [0.1, 0.15) is 19.4 Å². The zero-order valence-corrected chi connectivity index (χ0v) is 10.8. The summed E-state index contributed by atoms with van der Waals surface area (Å²) in [5.74, 6) is 0.841. The lowest BCUT2D eigenvalue weighted by atomic mass is 9.90. The Bertz CT molecular complexity index is 462. The predicted molar refractivity (Wildman–Crippen MR) is 64.5 cm³/mol. The van der Waals surface area contributed by atoms with Crippen LogP contribution in [-0.4, -0.2) is 25.9 Å². The predicted octanol–water partition coefficient (Wildman–Crippen LogP) is 2.84. The molecule has 19 heavy (non-hydrogen) atoms. The first-order chi connectivity index (χ1) is 8.88. The van der Waals surface area contributed by atoms with Crippen LogP contribution >= 0.6 is 0 Å². The summed E-state index contributed by atoms with van der Waals surface area (Å²) in [6.45, 7) is 3.74. The van der Waals surface area contributed by atoms with Crippen LogP contribution in [0.2, 0.25) is 0 Å². The molecule has 2 rings (SSSR count). The molecule has 1 aliphatic rings. The Morgan fingerprint density at radius 1 is 1.16 bits per heavy atom. The minimum atomic E-state index is -4.40. The van der Waals surface area contributed by atoms with Crippen molar-refractivity contribution in [2.24, 2.45) is 0 Å². The van der Waals surface area contributed by atoms with E-state index in [1.165, 1.54) is 18.2 Å². The second kappa shape index (κ2) is 4.92. The molecule has 0 aromatic heterocycles. The number of halogens is 3. The molecule has 0 saturated carbocycles. The molecule has 1 heterocycles. The number of rotatable bonds is 3.